The van der Waals surface area contributed by atoms with Crippen LogP contribution in [0.15, 0.2) is 24.3 Å². The molecule has 0 saturated heterocycles. The third-order valence-corrected chi connectivity index (χ3v) is 3.72. The minimum absolute atomic E-state index is 0.362. The summed E-state index contributed by atoms with van der Waals surface area (Å²) in [6.07, 6.45) is 3.34. The fourth-order valence-electron chi connectivity index (χ4n) is 2.26. The molecule has 1 aromatic carbocycles. The van der Waals surface area contributed by atoms with Gasteiger partial charge in [0.1, 0.15) is 5.54 Å². The van der Waals surface area contributed by atoms with Crippen molar-refractivity contribution in [3.63, 3.8) is 0 Å². The Labute approximate surface area is 125 Å². The summed E-state index contributed by atoms with van der Waals surface area (Å²) in [5.41, 5.74) is -0.870. The zero-order valence-corrected chi connectivity index (χ0v) is 12.6. The van der Waals surface area contributed by atoms with Crippen LogP contribution in [0.4, 0.5) is 0 Å². The molecule has 2 N–H and O–H groups in total. The van der Waals surface area contributed by atoms with Gasteiger partial charge in [-0.2, -0.15) is 0 Å². The van der Waals surface area contributed by atoms with E-state index in [0.717, 1.165) is 12.8 Å². The summed E-state index contributed by atoms with van der Waals surface area (Å²) >= 11 is 0. The quantitative estimate of drug-likeness (QED) is 0.685. The van der Waals surface area contributed by atoms with E-state index >= 15 is 0 Å². The van der Waals surface area contributed by atoms with Crippen LogP contribution >= 0.6 is 0 Å². The molecular weight excluding hydrogens is 270 g/mol. The van der Waals surface area contributed by atoms with Gasteiger partial charge in [0.25, 0.3) is 0 Å². The molecule has 1 unspecified atom stereocenters. The summed E-state index contributed by atoms with van der Waals surface area (Å²) in [4.78, 5) is 11.4. The van der Waals surface area contributed by atoms with Crippen LogP contribution in [0.2, 0.25) is 0 Å². The lowest BCUT2D eigenvalue weighted by molar-refractivity contribution is -0.144. The molecular formula is C16H23NO4. The van der Waals surface area contributed by atoms with Crippen LogP contribution in [-0.2, 0) is 4.79 Å². The summed E-state index contributed by atoms with van der Waals surface area (Å²) in [6, 6.07) is 7.81. The summed E-state index contributed by atoms with van der Waals surface area (Å²) in [7, 11) is 1.60. The molecule has 5 nitrogen and oxygen atoms in total. The molecule has 0 radical (unpaired) electrons. The van der Waals surface area contributed by atoms with Gasteiger partial charge in [-0.25, -0.2) is 0 Å². The maximum atomic E-state index is 11.4. The lowest BCUT2D eigenvalue weighted by atomic mass is 9.96. The summed E-state index contributed by atoms with van der Waals surface area (Å²) < 4.78 is 10.9. The van der Waals surface area contributed by atoms with Crippen molar-refractivity contribution in [2.75, 3.05) is 13.7 Å². The first-order valence-electron chi connectivity index (χ1n) is 7.32. The molecule has 0 aromatic heterocycles. The van der Waals surface area contributed by atoms with E-state index in [0.29, 0.717) is 37.0 Å². The summed E-state index contributed by atoms with van der Waals surface area (Å²) in [6.45, 7) is 2.21. The number of methoxy groups -OCH3 is 1. The number of hydrogen-bond acceptors (Lipinski definition) is 4. The van der Waals surface area contributed by atoms with Crippen LogP contribution in [0.3, 0.4) is 0 Å². The van der Waals surface area contributed by atoms with Gasteiger partial charge in [-0.05, 0) is 44.7 Å². The van der Waals surface area contributed by atoms with E-state index in [1.54, 1.807) is 14.0 Å². The molecule has 116 valence electrons. The third-order valence-electron chi connectivity index (χ3n) is 3.72. The molecule has 1 aliphatic carbocycles. The predicted molar refractivity (Wildman–Crippen MR) is 79.9 cm³/mol. The van der Waals surface area contributed by atoms with Crippen LogP contribution in [0.5, 0.6) is 11.5 Å². The molecule has 1 fully saturated rings. The second-order valence-electron chi connectivity index (χ2n) is 5.66. The monoisotopic (exact) mass is 293 g/mol. The van der Waals surface area contributed by atoms with Gasteiger partial charge in [0.15, 0.2) is 11.5 Å². The van der Waals surface area contributed by atoms with Gasteiger partial charge in [0.2, 0.25) is 0 Å². The van der Waals surface area contributed by atoms with Crippen LogP contribution in [0.1, 0.15) is 32.6 Å². The molecule has 1 saturated carbocycles. The van der Waals surface area contributed by atoms with E-state index in [1.807, 2.05) is 24.3 Å². The number of para-hydroxylation sites is 2. The van der Waals surface area contributed by atoms with Gasteiger partial charge in [-0.1, -0.05) is 12.1 Å². The fourth-order valence-corrected chi connectivity index (χ4v) is 2.26. The van der Waals surface area contributed by atoms with Crippen molar-refractivity contribution in [3.05, 3.63) is 24.3 Å². The number of ether oxygens (including phenoxy) is 2. The van der Waals surface area contributed by atoms with Crippen LogP contribution in [-0.4, -0.2) is 36.4 Å². The first-order chi connectivity index (χ1) is 10.0. The van der Waals surface area contributed by atoms with Crippen molar-refractivity contribution in [2.24, 2.45) is 0 Å². The minimum atomic E-state index is -0.870. The second kappa shape index (κ2) is 6.80. The molecule has 2 rings (SSSR count). The van der Waals surface area contributed by atoms with Crippen molar-refractivity contribution in [1.82, 2.24) is 5.32 Å². The number of carboxylic acid groups (broad SMARTS) is 1. The SMILES string of the molecule is COc1ccccc1OCCCC(C)(NC1CC1)C(=O)O. The van der Waals surface area contributed by atoms with Gasteiger partial charge in [-0.3, -0.25) is 10.1 Å². The third kappa shape index (κ3) is 4.36. The smallest absolute Gasteiger partial charge is 0.323 e. The molecule has 0 spiro atoms. The Morgan fingerprint density at radius 3 is 2.62 bits per heavy atom. The minimum Gasteiger partial charge on any atom is -0.493 e. The first kappa shape index (κ1) is 15.6. The molecule has 21 heavy (non-hydrogen) atoms. The number of hydrogen-bond donors (Lipinski definition) is 2. The van der Waals surface area contributed by atoms with Crippen molar-refractivity contribution in [2.45, 2.75) is 44.2 Å². The number of carboxylic acids is 1. The highest BCUT2D eigenvalue weighted by Crippen LogP contribution is 2.27. The fraction of sp³-hybridized carbons (Fsp3) is 0.562. The number of benzene rings is 1. The molecule has 0 aliphatic heterocycles. The average molecular weight is 293 g/mol. The highest BCUT2D eigenvalue weighted by atomic mass is 16.5. The van der Waals surface area contributed by atoms with Crippen molar-refractivity contribution in [1.29, 1.82) is 0 Å². The highest BCUT2D eigenvalue weighted by Gasteiger charge is 2.37. The lowest BCUT2D eigenvalue weighted by Gasteiger charge is -2.26. The Balaban J connectivity index is 1.81. The molecule has 1 aromatic rings. The summed E-state index contributed by atoms with van der Waals surface area (Å²) in [5.74, 6) is 0.577. The molecule has 0 amide bonds. The zero-order valence-electron chi connectivity index (χ0n) is 12.6. The number of rotatable bonds is 9. The number of aliphatic carboxylic acids is 1. The Hall–Kier alpha value is -1.75. The van der Waals surface area contributed by atoms with Crippen LogP contribution in [0.25, 0.3) is 0 Å². The maximum Gasteiger partial charge on any atom is 0.323 e. The van der Waals surface area contributed by atoms with Crippen molar-refractivity contribution >= 4 is 5.97 Å². The summed E-state index contributed by atoms with van der Waals surface area (Å²) in [5, 5.41) is 12.6. The topological polar surface area (TPSA) is 67.8 Å². The second-order valence-corrected chi connectivity index (χ2v) is 5.66. The molecule has 0 heterocycles. The van der Waals surface area contributed by atoms with Gasteiger partial charge >= 0.3 is 5.97 Å². The van der Waals surface area contributed by atoms with Gasteiger partial charge in [-0.15, -0.1) is 0 Å². The lowest BCUT2D eigenvalue weighted by Crippen LogP contribution is -2.50. The Morgan fingerprint density at radius 1 is 1.38 bits per heavy atom. The van der Waals surface area contributed by atoms with E-state index in [9.17, 15) is 9.90 Å². The average Bonchev–Trinajstić information content (AvgIpc) is 3.27. The highest BCUT2D eigenvalue weighted by molar-refractivity contribution is 5.78. The molecule has 0 bridgehead atoms. The molecule has 1 aliphatic rings. The molecule has 5 heteroatoms. The largest absolute Gasteiger partial charge is 0.493 e. The number of carbonyl (C=O) groups is 1. The standard InChI is InChI=1S/C16H23NO4/c1-16(15(18)19,17-12-8-9-12)10-5-11-21-14-7-4-3-6-13(14)20-2/h3-4,6-7,12,17H,5,8-11H2,1-2H3,(H,18,19). The Morgan fingerprint density at radius 2 is 2.05 bits per heavy atom. The van der Waals surface area contributed by atoms with Crippen molar-refractivity contribution in [3.8, 4) is 11.5 Å². The van der Waals surface area contributed by atoms with Crippen molar-refractivity contribution < 1.29 is 19.4 Å². The van der Waals surface area contributed by atoms with E-state index in [1.165, 1.54) is 0 Å². The van der Waals surface area contributed by atoms with Crippen LogP contribution in [0, 0.1) is 0 Å². The number of nitrogens with one attached hydrogen (secondary N) is 1. The zero-order chi connectivity index (χ0) is 15.3. The van der Waals surface area contributed by atoms with Gasteiger partial charge in [0.05, 0.1) is 13.7 Å². The maximum absolute atomic E-state index is 11.4. The van der Waals surface area contributed by atoms with E-state index in [4.69, 9.17) is 9.47 Å². The Kier molecular flexibility index (Phi) is 5.07. The van der Waals surface area contributed by atoms with E-state index in [-0.39, 0.29) is 0 Å². The molecule has 1 atom stereocenters. The Bertz CT molecular complexity index is 487. The van der Waals surface area contributed by atoms with E-state index in [2.05, 4.69) is 5.32 Å². The van der Waals surface area contributed by atoms with Crippen LogP contribution < -0.4 is 14.8 Å². The predicted octanol–water partition coefficient (Wildman–Crippen LogP) is 2.45. The van der Waals surface area contributed by atoms with Gasteiger partial charge in [0, 0.05) is 6.04 Å². The first-order valence-corrected chi connectivity index (χ1v) is 7.32. The van der Waals surface area contributed by atoms with Gasteiger partial charge < -0.3 is 14.6 Å². The normalized spacial score (nSPS) is 17.0. The van der Waals surface area contributed by atoms with E-state index < -0.39 is 11.5 Å².